The standard InChI is InChI=1S/C12H15FN2O2/c1-7-11(4-5-17-7)15-12(16)8-2-3-9(13)10(14)6-8/h2-3,6-7,11H,4-5,14H2,1H3,(H,15,16). The summed E-state index contributed by atoms with van der Waals surface area (Å²) in [6, 6.07) is 3.96. The van der Waals surface area contributed by atoms with Crippen LogP contribution in [0.25, 0.3) is 0 Å². The molecule has 2 rings (SSSR count). The Balaban J connectivity index is 2.06. The molecule has 0 radical (unpaired) electrons. The zero-order valence-corrected chi connectivity index (χ0v) is 9.57. The quantitative estimate of drug-likeness (QED) is 0.764. The molecule has 1 fully saturated rings. The van der Waals surface area contributed by atoms with E-state index in [0.29, 0.717) is 12.2 Å². The molecule has 3 N–H and O–H groups in total. The van der Waals surface area contributed by atoms with E-state index < -0.39 is 5.82 Å². The molecule has 1 amide bonds. The average Bonchev–Trinajstić information content (AvgIpc) is 2.68. The lowest BCUT2D eigenvalue weighted by molar-refractivity contribution is 0.0866. The van der Waals surface area contributed by atoms with Crippen LogP contribution in [0.2, 0.25) is 0 Å². The molecule has 0 spiro atoms. The van der Waals surface area contributed by atoms with Crippen LogP contribution in [0.4, 0.5) is 10.1 Å². The maximum absolute atomic E-state index is 13.0. The summed E-state index contributed by atoms with van der Waals surface area (Å²) in [7, 11) is 0. The number of anilines is 1. The van der Waals surface area contributed by atoms with Gasteiger partial charge in [-0.15, -0.1) is 0 Å². The number of nitrogens with two attached hydrogens (primary N) is 1. The average molecular weight is 238 g/mol. The van der Waals surface area contributed by atoms with E-state index in [2.05, 4.69) is 5.32 Å². The van der Waals surface area contributed by atoms with Crippen molar-refractivity contribution in [1.82, 2.24) is 5.32 Å². The highest BCUT2D eigenvalue weighted by molar-refractivity contribution is 5.95. The Kier molecular flexibility index (Phi) is 3.28. The SMILES string of the molecule is CC1OCCC1NC(=O)c1ccc(F)c(N)c1. The van der Waals surface area contributed by atoms with Gasteiger partial charge in [-0.25, -0.2) is 4.39 Å². The van der Waals surface area contributed by atoms with Crippen molar-refractivity contribution < 1.29 is 13.9 Å². The molecule has 2 atom stereocenters. The van der Waals surface area contributed by atoms with E-state index in [0.717, 1.165) is 6.42 Å². The summed E-state index contributed by atoms with van der Waals surface area (Å²) in [6.07, 6.45) is 0.806. The second-order valence-electron chi connectivity index (χ2n) is 4.18. The first kappa shape index (κ1) is 11.9. The van der Waals surface area contributed by atoms with E-state index in [9.17, 15) is 9.18 Å². The van der Waals surface area contributed by atoms with Crippen LogP contribution in [0.5, 0.6) is 0 Å². The summed E-state index contributed by atoms with van der Waals surface area (Å²) >= 11 is 0. The van der Waals surface area contributed by atoms with Crippen molar-refractivity contribution in [2.45, 2.75) is 25.5 Å². The number of amides is 1. The summed E-state index contributed by atoms with van der Waals surface area (Å²) in [5.74, 6) is -0.766. The number of nitrogen functional groups attached to an aromatic ring is 1. The second-order valence-corrected chi connectivity index (χ2v) is 4.18. The van der Waals surface area contributed by atoms with Crippen LogP contribution < -0.4 is 11.1 Å². The number of carbonyl (C=O) groups is 1. The number of benzene rings is 1. The molecule has 0 aliphatic carbocycles. The Morgan fingerprint density at radius 2 is 2.35 bits per heavy atom. The molecular formula is C12H15FN2O2. The fraction of sp³-hybridized carbons (Fsp3) is 0.417. The lowest BCUT2D eigenvalue weighted by Gasteiger charge is -2.16. The minimum absolute atomic E-state index is 0.00813. The van der Waals surface area contributed by atoms with Gasteiger partial charge in [0.05, 0.1) is 17.8 Å². The highest BCUT2D eigenvalue weighted by Gasteiger charge is 2.26. The van der Waals surface area contributed by atoms with Gasteiger partial charge < -0.3 is 15.8 Å². The minimum Gasteiger partial charge on any atom is -0.396 e. The van der Waals surface area contributed by atoms with Crippen molar-refractivity contribution in [2.75, 3.05) is 12.3 Å². The molecule has 5 heteroatoms. The Hall–Kier alpha value is -1.62. The zero-order valence-electron chi connectivity index (χ0n) is 9.57. The van der Waals surface area contributed by atoms with E-state index in [1.165, 1.54) is 18.2 Å². The minimum atomic E-state index is -0.515. The summed E-state index contributed by atoms with van der Waals surface area (Å²) in [6.45, 7) is 2.56. The largest absolute Gasteiger partial charge is 0.396 e. The lowest BCUT2D eigenvalue weighted by atomic mass is 10.1. The number of carbonyl (C=O) groups excluding carboxylic acids is 1. The van der Waals surface area contributed by atoms with E-state index in [1.807, 2.05) is 6.92 Å². The monoisotopic (exact) mass is 238 g/mol. The molecule has 1 aromatic rings. The first-order chi connectivity index (χ1) is 8.08. The van der Waals surface area contributed by atoms with Gasteiger partial charge >= 0.3 is 0 Å². The van der Waals surface area contributed by atoms with Crippen LogP contribution in [-0.2, 0) is 4.74 Å². The first-order valence-corrected chi connectivity index (χ1v) is 5.55. The molecule has 1 aromatic carbocycles. The third-order valence-corrected chi connectivity index (χ3v) is 2.95. The third kappa shape index (κ3) is 2.55. The van der Waals surface area contributed by atoms with Gasteiger partial charge in [0.2, 0.25) is 0 Å². The van der Waals surface area contributed by atoms with Crippen LogP contribution >= 0.6 is 0 Å². The number of hydrogen-bond donors (Lipinski definition) is 2. The molecule has 0 aromatic heterocycles. The molecule has 1 aliphatic rings. The van der Waals surface area contributed by atoms with Crippen molar-refractivity contribution in [3.63, 3.8) is 0 Å². The van der Waals surface area contributed by atoms with Crippen LogP contribution in [0.1, 0.15) is 23.7 Å². The molecule has 92 valence electrons. The molecule has 0 saturated carbocycles. The molecule has 1 aliphatic heterocycles. The van der Waals surface area contributed by atoms with Gasteiger partial charge in [-0.2, -0.15) is 0 Å². The van der Waals surface area contributed by atoms with Gasteiger partial charge in [-0.3, -0.25) is 4.79 Å². The molecule has 0 bridgehead atoms. The van der Waals surface area contributed by atoms with Crippen molar-refractivity contribution in [1.29, 1.82) is 0 Å². The Morgan fingerprint density at radius 3 is 2.94 bits per heavy atom. The summed E-state index contributed by atoms with van der Waals surface area (Å²) in [5, 5.41) is 2.85. The summed E-state index contributed by atoms with van der Waals surface area (Å²) in [4.78, 5) is 11.9. The second kappa shape index (κ2) is 4.71. The van der Waals surface area contributed by atoms with Gasteiger partial charge in [0.15, 0.2) is 0 Å². The molecule has 4 nitrogen and oxygen atoms in total. The molecule has 1 saturated heterocycles. The topological polar surface area (TPSA) is 64.3 Å². The van der Waals surface area contributed by atoms with Crippen molar-refractivity contribution in [3.05, 3.63) is 29.6 Å². The van der Waals surface area contributed by atoms with Gasteiger partial charge in [0.25, 0.3) is 5.91 Å². The van der Waals surface area contributed by atoms with E-state index in [4.69, 9.17) is 10.5 Å². The zero-order chi connectivity index (χ0) is 12.4. The van der Waals surface area contributed by atoms with Gasteiger partial charge in [-0.05, 0) is 31.5 Å². The predicted molar refractivity (Wildman–Crippen MR) is 62.1 cm³/mol. The van der Waals surface area contributed by atoms with Crippen LogP contribution in [-0.4, -0.2) is 24.7 Å². The van der Waals surface area contributed by atoms with E-state index in [-0.39, 0.29) is 23.7 Å². The van der Waals surface area contributed by atoms with Crippen LogP contribution in [0.3, 0.4) is 0 Å². The predicted octanol–water partition coefficient (Wildman–Crippen LogP) is 1.32. The van der Waals surface area contributed by atoms with Crippen LogP contribution in [0.15, 0.2) is 18.2 Å². The van der Waals surface area contributed by atoms with Crippen molar-refractivity contribution >= 4 is 11.6 Å². The van der Waals surface area contributed by atoms with Gasteiger partial charge in [0.1, 0.15) is 5.82 Å². The van der Waals surface area contributed by atoms with Gasteiger partial charge in [0, 0.05) is 12.2 Å². The molecule has 17 heavy (non-hydrogen) atoms. The van der Waals surface area contributed by atoms with Crippen LogP contribution in [0, 0.1) is 5.82 Å². The summed E-state index contributed by atoms with van der Waals surface area (Å²) < 4.78 is 18.3. The fourth-order valence-electron chi connectivity index (χ4n) is 1.86. The lowest BCUT2D eigenvalue weighted by Crippen LogP contribution is -2.39. The van der Waals surface area contributed by atoms with Crippen molar-refractivity contribution in [2.24, 2.45) is 0 Å². The Bertz CT molecular complexity index is 437. The third-order valence-electron chi connectivity index (χ3n) is 2.95. The number of halogens is 1. The highest BCUT2D eigenvalue weighted by Crippen LogP contribution is 2.15. The fourth-order valence-corrected chi connectivity index (χ4v) is 1.86. The number of hydrogen-bond acceptors (Lipinski definition) is 3. The number of rotatable bonds is 2. The smallest absolute Gasteiger partial charge is 0.251 e. The number of nitrogens with one attached hydrogen (secondary N) is 1. The Labute approximate surface area is 98.9 Å². The maximum atomic E-state index is 13.0. The molecular weight excluding hydrogens is 223 g/mol. The first-order valence-electron chi connectivity index (χ1n) is 5.55. The molecule has 2 unspecified atom stereocenters. The maximum Gasteiger partial charge on any atom is 0.251 e. The molecule has 1 heterocycles. The van der Waals surface area contributed by atoms with Gasteiger partial charge in [-0.1, -0.05) is 0 Å². The highest BCUT2D eigenvalue weighted by atomic mass is 19.1. The van der Waals surface area contributed by atoms with E-state index >= 15 is 0 Å². The van der Waals surface area contributed by atoms with E-state index in [1.54, 1.807) is 0 Å². The summed E-state index contributed by atoms with van der Waals surface area (Å²) in [5.41, 5.74) is 5.76. The normalized spacial score (nSPS) is 23.6. The van der Waals surface area contributed by atoms with Crippen molar-refractivity contribution in [3.8, 4) is 0 Å². The Morgan fingerprint density at radius 1 is 1.59 bits per heavy atom. The number of ether oxygens (including phenoxy) is 1.